The summed E-state index contributed by atoms with van der Waals surface area (Å²) in [6, 6.07) is 11.1. The number of urea groups is 1. The minimum Gasteiger partial charge on any atom is -0.349 e. The number of rotatable bonds is 0. The molecule has 2 amide bonds. The normalized spacial score (nSPS) is 7.83. The molecule has 5 heteroatoms. The third-order valence-corrected chi connectivity index (χ3v) is 0.921. The van der Waals surface area contributed by atoms with Gasteiger partial charge in [-0.15, -0.1) is 0 Å². The van der Waals surface area contributed by atoms with E-state index in [0.29, 0.717) is 5.12 Å². The van der Waals surface area contributed by atoms with Crippen LogP contribution in [0.3, 0.4) is 0 Å². The highest BCUT2D eigenvalue weighted by molar-refractivity contribution is 5.70. The van der Waals surface area contributed by atoms with Crippen LogP contribution in [0, 0.1) is 0 Å². The quantitative estimate of drug-likeness (QED) is 0.284. The van der Waals surface area contributed by atoms with Gasteiger partial charge in [0, 0.05) is 0 Å². The minimum atomic E-state index is -0.852. The average molecular weight is 168 g/mol. The second kappa shape index (κ2) is 6.14. The highest BCUT2D eigenvalue weighted by Crippen LogP contribution is 1.79. The molecule has 0 aliphatic heterocycles. The molecule has 1 aromatic rings. The Morgan fingerprint density at radius 2 is 1.08 bits per heavy atom. The summed E-state index contributed by atoms with van der Waals surface area (Å²) in [5.74, 6) is 9.14. The second-order valence-corrected chi connectivity index (χ2v) is 1.90. The van der Waals surface area contributed by atoms with E-state index in [1.54, 1.807) is 0 Å². The predicted molar refractivity (Wildman–Crippen MR) is 46.2 cm³/mol. The molecule has 0 aliphatic rings. The van der Waals surface area contributed by atoms with E-state index in [9.17, 15) is 4.79 Å². The van der Waals surface area contributed by atoms with Gasteiger partial charge in [-0.2, -0.15) is 5.12 Å². The van der Waals surface area contributed by atoms with E-state index in [2.05, 4.69) is 17.4 Å². The Balaban J connectivity index is 0.000000202. The Bertz CT molecular complexity index is 185. The molecule has 12 heavy (non-hydrogen) atoms. The topological polar surface area (TPSA) is 98.4 Å². The van der Waals surface area contributed by atoms with Gasteiger partial charge in [0.2, 0.25) is 0 Å². The first-order valence-electron chi connectivity index (χ1n) is 3.23. The van der Waals surface area contributed by atoms with Crippen LogP contribution in [0.4, 0.5) is 4.79 Å². The van der Waals surface area contributed by atoms with Crippen LogP contribution in [0.2, 0.25) is 0 Å². The van der Waals surface area contributed by atoms with E-state index < -0.39 is 6.03 Å². The van der Waals surface area contributed by atoms with Gasteiger partial charge in [0.1, 0.15) is 0 Å². The van der Waals surface area contributed by atoms with Crippen molar-refractivity contribution in [2.24, 2.45) is 17.4 Å². The third-order valence-electron chi connectivity index (χ3n) is 0.921. The minimum absolute atomic E-state index is 0.306. The Labute approximate surface area is 70.7 Å². The van der Waals surface area contributed by atoms with Crippen LogP contribution in [0.5, 0.6) is 0 Å². The number of benzene rings is 1. The van der Waals surface area contributed by atoms with Gasteiger partial charge < -0.3 is 5.73 Å². The molecule has 0 aromatic heterocycles. The van der Waals surface area contributed by atoms with Gasteiger partial charge in [-0.05, 0) is 0 Å². The molecule has 0 unspecified atom stereocenters. The maximum Gasteiger partial charge on any atom is 0.343 e. The zero-order valence-corrected chi connectivity index (χ0v) is 6.55. The molecule has 0 saturated carbocycles. The predicted octanol–water partition coefficient (Wildman–Crippen LogP) is -0.199. The Morgan fingerprint density at radius 3 is 1.17 bits per heavy atom. The van der Waals surface area contributed by atoms with Gasteiger partial charge in [0.25, 0.3) is 0 Å². The van der Waals surface area contributed by atoms with Crippen molar-refractivity contribution < 1.29 is 4.79 Å². The molecule has 0 fully saturated rings. The molecule has 0 radical (unpaired) electrons. The van der Waals surface area contributed by atoms with E-state index >= 15 is 0 Å². The highest BCUT2D eigenvalue weighted by atomic mass is 16.2. The number of carbonyl (C=O) groups excluding carboxylic acids is 1. The Morgan fingerprint density at radius 1 is 0.917 bits per heavy atom. The number of carbonyl (C=O) groups is 1. The van der Waals surface area contributed by atoms with Crippen molar-refractivity contribution in [3.63, 3.8) is 0 Å². The molecule has 0 bridgehead atoms. The van der Waals surface area contributed by atoms with Crippen molar-refractivity contribution in [1.29, 1.82) is 0 Å². The number of amides is 2. The van der Waals surface area contributed by atoms with Crippen LogP contribution in [-0.2, 0) is 0 Å². The lowest BCUT2D eigenvalue weighted by atomic mass is 10.4. The first-order valence-corrected chi connectivity index (χ1v) is 3.23. The van der Waals surface area contributed by atoms with Crippen LogP contribution in [0.1, 0.15) is 0 Å². The van der Waals surface area contributed by atoms with Crippen LogP contribution in [0.15, 0.2) is 36.4 Å². The molecule has 0 saturated heterocycles. The van der Waals surface area contributed by atoms with Crippen molar-refractivity contribution in [2.75, 3.05) is 0 Å². The van der Waals surface area contributed by atoms with Crippen molar-refractivity contribution in [2.45, 2.75) is 0 Å². The van der Waals surface area contributed by atoms with E-state index in [-0.39, 0.29) is 0 Å². The average Bonchev–Trinajstić information content (AvgIpc) is 2.08. The van der Waals surface area contributed by atoms with Crippen molar-refractivity contribution in [1.82, 2.24) is 5.12 Å². The SMILES string of the molecule is NC(=O)N(N)N.c1ccccc1. The molecule has 66 valence electrons. The summed E-state index contributed by atoms with van der Waals surface area (Å²) in [4.78, 5) is 9.60. The summed E-state index contributed by atoms with van der Waals surface area (Å²) >= 11 is 0. The van der Waals surface area contributed by atoms with E-state index in [0.717, 1.165) is 0 Å². The summed E-state index contributed by atoms with van der Waals surface area (Å²) in [5, 5.41) is 0.306. The fraction of sp³-hybridized carbons (Fsp3) is 0. The first-order chi connectivity index (χ1) is 5.64. The molecular weight excluding hydrogens is 156 g/mol. The maximum atomic E-state index is 9.60. The van der Waals surface area contributed by atoms with Crippen molar-refractivity contribution in [3.8, 4) is 0 Å². The molecule has 1 aromatic carbocycles. The van der Waals surface area contributed by atoms with Gasteiger partial charge >= 0.3 is 6.03 Å². The molecule has 1 rings (SSSR count). The zero-order valence-electron chi connectivity index (χ0n) is 6.55. The van der Waals surface area contributed by atoms with Gasteiger partial charge in [0.05, 0.1) is 0 Å². The number of primary amides is 1. The number of nitrogens with two attached hydrogens (primary N) is 3. The van der Waals surface area contributed by atoms with Gasteiger partial charge in [-0.1, -0.05) is 36.4 Å². The van der Waals surface area contributed by atoms with E-state index in [4.69, 9.17) is 0 Å². The van der Waals surface area contributed by atoms with Gasteiger partial charge in [0.15, 0.2) is 0 Å². The van der Waals surface area contributed by atoms with Crippen molar-refractivity contribution in [3.05, 3.63) is 36.4 Å². The van der Waals surface area contributed by atoms with Crippen LogP contribution in [-0.4, -0.2) is 11.1 Å². The number of hydrazine groups is 2. The molecule has 0 heterocycles. The smallest absolute Gasteiger partial charge is 0.343 e. The highest BCUT2D eigenvalue weighted by Gasteiger charge is 1.90. The summed E-state index contributed by atoms with van der Waals surface area (Å²) in [6.45, 7) is 0. The van der Waals surface area contributed by atoms with E-state index in [1.807, 2.05) is 36.4 Å². The lowest BCUT2D eigenvalue weighted by Crippen LogP contribution is -2.46. The number of nitrogens with zero attached hydrogens (tertiary/aromatic N) is 1. The molecule has 5 nitrogen and oxygen atoms in total. The monoisotopic (exact) mass is 168 g/mol. The van der Waals surface area contributed by atoms with Gasteiger partial charge in [-0.25, -0.2) is 16.5 Å². The summed E-state index contributed by atoms with van der Waals surface area (Å²) in [5.41, 5.74) is 4.47. The molecule has 0 aliphatic carbocycles. The molecule has 0 spiro atoms. The Hall–Kier alpha value is -1.59. The molecule has 0 atom stereocenters. The molecular formula is C7H12N4O. The standard InChI is InChI=1S/C6H6.CH6N4O/c1-2-4-6-5-3-1;2-1(6)5(3)4/h1-6H;3-4H2,(H2,2,6). The maximum absolute atomic E-state index is 9.60. The Kier molecular flexibility index (Phi) is 5.33. The van der Waals surface area contributed by atoms with Gasteiger partial charge in [-0.3, -0.25) is 0 Å². The fourth-order valence-corrected chi connectivity index (χ4v) is 0.385. The summed E-state index contributed by atoms with van der Waals surface area (Å²) in [7, 11) is 0. The second-order valence-electron chi connectivity index (χ2n) is 1.90. The largest absolute Gasteiger partial charge is 0.349 e. The summed E-state index contributed by atoms with van der Waals surface area (Å²) in [6.07, 6.45) is 0. The number of hydrogen-bond donors (Lipinski definition) is 3. The fourth-order valence-electron chi connectivity index (χ4n) is 0.385. The third kappa shape index (κ3) is 6.53. The van der Waals surface area contributed by atoms with Crippen LogP contribution >= 0.6 is 0 Å². The lowest BCUT2D eigenvalue weighted by Gasteiger charge is -2.00. The van der Waals surface area contributed by atoms with Crippen LogP contribution < -0.4 is 17.4 Å². The first kappa shape index (κ1) is 10.4. The number of hydrogen-bond acceptors (Lipinski definition) is 3. The van der Waals surface area contributed by atoms with Crippen LogP contribution in [0.25, 0.3) is 0 Å². The zero-order chi connectivity index (χ0) is 9.40. The van der Waals surface area contributed by atoms with Crippen molar-refractivity contribution >= 4 is 6.03 Å². The summed E-state index contributed by atoms with van der Waals surface area (Å²) < 4.78 is 0. The molecule has 6 N–H and O–H groups in total. The van der Waals surface area contributed by atoms with E-state index in [1.165, 1.54) is 0 Å². The lowest BCUT2D eigenvalue weighted by molar-refractivity contribution is 0.210.